The molecule has 0 saturated carbocycles. The lowest BCUT2D eigenvalue weighted by molar-refractivity contribution is -0.119. The van der Waals surface area contributed by atoms with Gasteiger partial charge >= 0.3 is 0 Å². The number of carbonyl (C=O) groups is 1. The highest BCUT2D eigenvalue weighted by molar-refractivity contribution is 8.00. The molecule has 1 aromatic rings. The first kappa shape index (κ1) is 13.1. The summed E-state index contributed by atoms with van der Waals surface area (Å²) in [6, 6.07) is 0. The Kier molecular flexibility index (Phi) is 5.44. The number of ether oxygens (including phenoxy) is 1. The van der Waals surface area contributed by atoms with E-state index in [2.05, 4.69) is 15.3 Å². The van der Waals surface area contributed by atoms with E-state index >= 15 is 0 Å². The van der Waals surface area contributed by atoms with Crippen molar-refractivity contribution < 1.29 is 9.53 Å². The molecule has 1 amide bonds. The zero-order chi connectivity index (χ0) is 12.0. The summed E-state index contributed by atoms with van der Waals surface area (Å²) in [5, 5.41) is 2.68. The molecule has 0 aliphatic heterocycles. The van der Waals surface area contributed by atoms with Crippen LogP contribution in [0, 0.1) is 0 Å². The lowest BCUT2D eigenvalue weighted by Gasteiger charge is -2.01. The number of rotatable bonds is 5. The van der Waals surface area contributed by atoms with Gasteiger partial charge in [-0.2, -0.15) is 0 Å². The van der Waals surface area contributed by atoms with Crippen molar-refractivity contribution >= 4 is 41.0 Å². The van der Waals surface area contributed by atoms with Gasteiger partial charge in [-0.3, -0.25) is 9.79 Å². The van der Waals surface area contributed by atoms with Gasteiger partial charge in [-0.05, 0) is 6.26 Å². The summed E-state index contributed by atoms with van der Waals surface area (Å²) in [6.07, 6.45) is 3.62. The number of aliphatic imine (C=N–C) groups is 1. The molecule has 5 nitrogen and oxygen atoms in total. The summed E-state index contributed by atoms with van der Waals surface area (Å²) in [6.45, 7) is 0.0227. The van der Waals surface area contributed by atoms with Crippen LogP contribution in [0.1, 0.15) is 4.88 Å². The molecule has 1 aromatic heterocycles. The second-order valence-electron chi connectivity index (χ2n) is 2.77. The number of methoxy groups -OCH3 is 1. The number of hydrogen-bond donors (Lipinski definition) is 1. The maximum Gasteiger partial charge on any atom is 0.251 e. The largest absolute Gasteiger partial charge is 0.375 e. The van der Waals surface area contributed by atoms with Crippen LogP contribution in [0.2, 0.25) is 0 Å². The molecule has 0 atom stereocenters. The average Bonchev–Trinajstić information content (AvgIpc) is 2.62. The number of amides is 1. The number of anilines is 1. The summed E-state index contributed by atoms with van der Waals surface area (Å²) >= 11 is 3.02. The van der Waals surface area contributed by atoms with Gasteiger partial charge < -0.3 is 10.1 Å². The van der Waals surface area contributed by atoms with Crippen LogP contribution in [0.4, 0.5) is 5.82 Å². The third-order valence-corrected chi connectivity index (χ3v) is 3.56. The molecule has 0 bridgehead atoms. The van der Waals surface area contributed by atoms with Gasteiger partial charge in [-0.1, -0.05) is 11.8 Å². The molecule has 16 heavy (non-hydrogen) atoms. The van der Waals surface area contributed by atoms with Gasteiger partial charge in [0.15, 0.2) is 10.2 Å². The molecule has 0 spiro atoms. The van der Waals surface area contributed by atoms with Gasteiger partial charge in [-0.25, -0.2) is 4.98 Å². The van der Waals surface area contributed by atoms with Crippen LogP contribution in [0.25, 0.3) is 0 Å². The third kappa shape index (κ3) is 3.58. The number of nitrogens with zero attached hydrogens (tertiary/aromatic N) is 2. The first-order chi connectivity index (χ1) is 7.71. The van der Waals surface area contributed by atoms with Gasteiger partial charge in [0.05, 0.1) is 4.88 Å². The molecule has 1 N–H and O–H groups in total. The average molecular weight is 259 g/mol. The van der Waals surface area contributed by atoms with Crippen LogP contribution < -0.4 is 5.32 Å². The fraction of sp³-hybridized carbons (Fsp3) is 0.444. The highest BCUT2D eigenvalue weighted by Gasteiger charge is 2.11. The number of hydrogen-bond acceptors (Lipinski definition) is 6. The smallest absolute Gasteiger partial charge is 0.251 e. The predicted octanol–water partition coefficient (Wildman–Crippen LogP) is 1.50. The van der Waals surface area contributed by atoms with Crippen molar-refractivity contribution in [1.82, 2.24) is 4.98 Å². The minimum Gasteiger partial charge on any atom is -0.375 e. The normalized spacial score (nSPS) is 10.9. The van der Waals surface area contributed by atoms with E-state index in [1.165, 1.54) is 30.2 Å². The zero-order valence-corrected chi connectivity index (χ0v) is 10.9. The van der Waals surface area contributed by atoms with E-state index in [0.29, 0.717) is 5.82 Å². The van der Waals surface area contributed by atoms with Crippen LogP contribution in [0.15, 0.2) is 9.33 Å². The molecule has 0 unspecified atom stereocenters. The van der Waals surface area contributed by atoms with Gasteiger partial charge in [0.1, 0.15) is 6.61 Å². The second kappa shape index (κ2) is 6.62. The minimum absolute atomic E-state index is 0.0227. The van der Waals surface area contributed by atoms with Crippen LogP contribution in [-0.4, -0.2) is 44.1 Å². The Morgan fingerprint density at radius 3 is 3.06 bits per heavy atom. The number of thiazole rings is 1. The van der Waals surface area contributed by atoms with Gasteiger partial charge in [0, 0.05) is 20.4 Å². The van der Waals surface area contributed by atoms with Crippen LogP contribution in [0.3, 0.4) is 0 Å². The van der Waals surface area contributed by atoms with Crippen LogP contribution in [-0.2, 0) is 9.53 Å². The Morgan fingerprint density at radius 1 is 1.75 bits per heavy atom. The number of aromatic nitrogens is 1. The minimum atomic E-state index is -0.216. The molecule has 0 radical (unpaired) electrons. The summed E-state index contributed by atoms with van der Waals surface area (Å²) < 4.78 is 5.62. The summed E-state index contributed by atoms with van der Waals surface area (Å²) in [4.78, 5) is 20.4. The number of thioether (sulfide) groups is 1. The van der Waals surface area contributed by atoms with Crippen molar-refractivity contribution in [3.8, 4) is 0 Å². The zero-order valence-electron chi connectivity index (χ0n) is 9.31. The maximum absolute atomic E-state index is 11.3. The topological polar surface area (TPSA) is 63.6 Å². The lowest BCUT2D eigenvalue weighted by atomic mass is 10.5. The maximum atomic E-state index is 11.3. The molecular weight excluding hydrogens is 246 g/mol. The van der Waals surface area contributed by atoms with Crippen molar-refractivity contribution in [2.45, 2.75) is 4.34 Å². The summed E-state index contributed by atoms with van der Waals surface area (Å²) in [5.74, 6) is 0.327. The van der Waals surface area contributed by atoms with Crippen molar-refractivity contribution in [1.29, 1.82) is 0 Å². The Balaban J connectivity index is 2.84. The molecule has 1 heterocycles. The standard InChI is InChI=1S/C9H13N3O2S2/c1-10-4-6-8(11-7(13)5-14-2)12-9(15-3)16-6/h4H,5H2,1-3H3,(H,11,13). The van der Waals surface area contributed by atoms with Gasteiger partial charge in [0.2, 0.25) is 0 Å². The van der Waals surface area contributed by atoms with Crippen molar-refractivity contribution in [3.05, 3.63) is 4.88 Å². The molecule has 0 fully saturated rings. The molecule has 0 saturated heterocycles. The van der Waals surface area contributed by atoms with E-state index in [9.17, 15) is 4.79 Å². The van der Waals surface area contributed by atoms with Crippen molar-refractivity contribution in [2.75, 3.05) is 32.3 Å². The first-order valence-corrected chi connectivity index (χ1v) is 6.51. The highest BCUT2D eigenvalue weighted by Crippen LogP contribution is 2.27. The van der Waals surface area contributed by atoms with E-state index in [0.717, 1.165) is 9.22 Å². The van der Waals surface area contributed by atoms with E-state index in [-0.39, 0.29) is 12.5 Å². The van der Waals surface area contributed by atoms with Crippen LogP contribution in [0.5, 0.6) is 0 Å². The van der Waals surface area contributed by atoms with Gasteiger partial charge in [-0.15, -0.1) is 11.3 Å². The van der Waals surface area contributed by atoms with Gasteiger partial charge in [0.25, 0.3) is 5.91 Å². The van der Waals surface area contributed by atoms with Crippen molar-refractivity contribution in [2.24, 2.45) is 4.99 Å². The SMILES string of the molecule is CN=Cc1sc(SC)nc1NC(=O)COC. The Hall–Kier alpha value is -0.920. The first-order valence-electron chi connectivity index (χ1n) is 4.47. The van der Waals surface area contributed by atoms with E-state index in [1.807, 2.05) is 6.26 Å². The Morgan fingerprint density at radius 2 is 2.50 bits per heavy atom. The molecule has 0 aromatic carbocycles. The molecule has 88 valence electrons. The molecule has 0 aliphatic carbocycles. The van der Waals surface area contributed by atoms with E-state index in [4.69, 9.17) is 4.74 Å². The fourth-order valence-electron chi connectivity index (χ4n) is 0.992. The monoisotopic (exact) mass is 259 g/mol. The lowest BCUT2D eigenvalue weighted by Crippen LogP contribution is -2.18. The second-order valence-corrected chi connectivity index (χ2v) is 4.85. The van der Waals surface area contributed by atoms with E-state index in [1.54, 1.807) is 13.3 Å². The van der Waals surface area contributed by atoms with Crippen LogP contribution >= 0.6 is 23.1 Å². The number of carbonyl (C=O) groups excluding carboxylic acids is 1. The fourth-order valence-corrected chi connectivity index (χ4v) is 2.45. The third-order valence-electron chi connectivity index (χ3n) is 1.59. The Bertz CT molecular complexity index is 390. The summed E-state index contributed by atoms with van der Waals surface area (Å²) in [5.41, 5.74) is 0. The Labute approximate surface area is 102 Å². The number of nitrogens with one attached hydrogen (secondary N) is 1. The van der Waals surface area contributed by atoms with E-state index < -0.39 is 0 Å². The molecular formula is C9H13N3O2S2. The quantitative estimate of drug-likeness (QED) is 0.643. The molecule has 7 heteroatoms. The highest BCUT2D eigenvalue weighted by atomic mass is 32.2. The summed E-state index contributed by atoms with van der Waals surface area (Å²) in [7, 11) is 3.15. The molecule has 0 aliphatic rings. The van der Waals surface area contributed by atoms with Crippen molar-refractivity contribution in [3.63, 3.8) is 0 Å². The molecule has 1 rings (SSSR count). The predicted molar refractivity (Wildman–Crippen MR) is 67.9 cm³/mol.